The molecule has 0 saturated heterocycles. The predicted molar refractivity (Wildman–Crippen MR) is 62.1 cm³/mol. The Morgan fingerprint density at radius 1 is 1.19 bits per heavy atom. The topological polar surface area (TPSA) is 54.9 Å². The molecule has 0 saturated carbocycles. The molecule has 2 aromatic rings. The van der Waals surface area contributed by atoms with Crippen molar-refractivity contribution < 1.29 is 4.79 Å². The Morgan fingerprint density at radius 2 is 1.88 bits per heavy atom. The predicted octanol–water partition coefficient (Wildman–Crippen LogP) is 1.77. The van der Waals surface area contributed by atoms with Crippen molar-refractivity contribution in [1.82, 2.24) is 15.5 Å². The average molecular weight is 215 g/mol. The Balaban J connectivity index is 2.35. The van der Waals surface area contributed by atoms with Crippen molar-refractivity contribution in [2.45, 2.75) is 19.9 Å². The molecule has 1 N–H and O–H groups in total. The summed E-state index contributed by atoms with van der Waals surface area (Å²) >= 11 is 0. The molecule has 0 aliphatic heterocycles. The van der Waals surface area contributed by atoms with E-state index in [4.69, 9.17) is 0 Å². The van der Waals surface area contributed by atoms with Crippen LogP contribution in [0.4, 0.5) is 0 Å². The highest BCUT2D eigenvalue weighted by atomic mass is 16.1. The van der Waals surface area contributed by atoms with Crippen molar-refractivity contribution in [2.24, 2.45) is 0 Å². The number of fused-ring (bicyclic) bond motifs is 1. The lowest BCUT2D eigenvalue weighted by molar-refractivity contribution is 0.0943. The third-order valence-electron chi connectivity index (χ3n) is 2.23. The molecule has 0 aliphatic rings. The van der Waals surface area contributed by atoms with Crippen molar-refractivity contribution in [1.29, 1.82) is 0 Å². The van der Waals surface area contributed by atoms with E-state index in [2.05, 4.69) is 15.5 Å². The molecule has 0 unspecified atom stereocenters. The second kappa shape index (κ2) is 4.26. The van der Waals surface area contributed by atoms with Crippen LogP contribution in [0.15, 0.2) is 30.6 Å². The average Bonchev–Trinajstić information content (AvgIpc) is 2.27. The van der Waals surface area contributed by atoms with E-state index < -0.39 is 0 Å². The Kier molecular flexibility index (Phi) is 2.81. The fraction of sp³-hybridized carbons (Fsp3) is 0.250. The minimum Gasteiger partial charge on any atom is -0.350 e. The zero-order valence-electron chi connectivity index (χ0n) is 9.27. The molecule has 1 heterocycles. The maximum Gasteiger partial charge on any atom is 0.251 e. The van der Waals surface area contributed by atoms with Gasteiger partial charge in [0.2, 0.25) is 0 Å². The molecule has 0 bridgehead atoms. The van der Waals surface area contributed by atoms with Gasteiger partial charge in [-0.3, -0.25) is 4.79 Å². The minimum atomic E-state index is -0.0614. The maximum atomic E-state index is 11.8. The fourth-order valence-corrected chi connectivity index (χ4v) is 1.48. The normalized spacial score (nSPS) is 10.7. The minimum absolute atomic E-state index is 0.0614. The maximum absolute atomic E-state index is 11.8. The highest BCUT2D eigenvalue weighted by molar-refractivity contribution is 5.98. The van der Waals surface area contributed by atoms with Crippen LogP contribution in [-0.2, 0) is 0 Å². The molecular weight excluding hydrogens is 202 g/mol. The summed E-state index contributed by atoms with van der Waals surface area (Å²) in [7, 11) is 0. The van der Waals surface area contributed by atoms with Gasteiger partial charge in [-0.25, -0.2) is 0 Å². The van der Waals surface area contributed by atoms with Crippen molar-refractivity contribution >= 4 is 16.7 Å². The zero-order chi connectivity index (χ0) is 11.5. The summed E-state index contributed by atoms with van der Waals surface area (Å²) in [6.45, 7) is 3.87. The van der Waals surface area contributed by atoms with Gasteiger partial charge >= 0.3 is 0 Å². The van der Waals surface area contributed by atoms with Crippen molar-refractivity contribution in [3.8, 4) is 0 Å². The van der Waals surface area contributed by atoms with E-state index in [1.54, 1.807) is 18.5 Å². The highest BCUT2D eigenvalue weighted by Gasteiger charge is 2.07. The van der Waals surface area contributed by atoms with Gasteiger partial charge in [-0.15, -0.1) is 0 Å². The quantitative estimate of drug-likeness (QED) is 0.830. The van der Waals surface area contributed by atoms with Gasteiger partial charge in [-0.05, 0) is 26.0 Å². The first kappa shape index (κ1) is 10.5. The first-order chi connectivity index (χ1) is 7.66. The number of hydrogen-bond donors (Lipinski definition) is 1. The van der Waals surface area contributed by atoms with Gasteiger partial charge in [0, 0.05) is 22.4 Å². The Bertz CT molecular complexity index is 522. The smallest absolute Gasteiger partial charge is 0.251 e. The second-order valence-corrected chi connectivity index (χ2v) is 3.96. The van der Waals surface area contributed by atoms with E-state index >= 15 is 0 Å². The van der Waals surface area contributed by atoms with E-state index in [9.17, 15) is 4.79 Å². The van der Waals surface area contributed by atoms with Gasteiger partial charge in [0.15, 0.2) is 0 Å². The standard InChI is InChI=1S/C12H13N3O/c1-8(2)15-12(16)9-3-4-10-6-13-14-7-11(10)5-9/h3-8H,1-2H3,(H,15,16). The Hall–Kier alpha value is -1.97. The highest BCUT2D eigenvalue weighted by Crippen LogP contribution is 2.13. The fourth-order valence-electron chi connectivity index (χ4n) is 1.48. The summed E-state index contributed by atoms with van der Waals surface area (Å²) in [6.07, 6.45) is 3.33. The molecule has 0 aliphatic carbocycles. The SMILES string of the molecule is CC(C)NC(=O)c1ccc2cnncc2c1. The molecular formula is C12H13N3O. The molecule has 0 atom stereocenters. The second-order valence-electron chi connectivity index (χ2n) is 3.96. The Labute approximate surface area is 93.7 Å². The van der Waals surface area contributed by atoms with Gasteiger partial charge in [-0.1, -0.05) is 6.07 Å². The van der Waals surface area contributed by atoms with E-state index in [1.807, 2.05) is 26.0 Å². The lowest BCUT2D eigenvalue weighted by Gasteiger charge is -2.08. The number of aromatic nitrogens is 2. The molecule has 2 rings (SSSR count). The van der Waals surface area contributed by atoms with Crippen LogP contribution < -0.4 is 5.32 Å². The zero-order valence-corrected chi connectivity index (χ0v) is 9.27. The number of hydrogen-bond acceptors (Lipinski definition) is 3. The summed E-state index contributed by atoms with van der Waals surface area (Å²) in [5.74, 6) is -0.0614. The largest absolute Gasteiger partial charge is 0.350 e. The van der Waals surface area contributed by atoms with E-state index in [1.165, 1.54) is 0 Å². The first-order valence-electron chi connectivity index (χ1n) is 5.18. The van der Waals surface area contributed by atoms with Crippen LogP contribution in [0.3, 0.4) is 0 Å². The monoisotopic (exact) mass is 215 g/mol. The summed E-state index contributed by atoms with van der Waals surface area (Å²) in [4.78, 5) is 11.8. The summed E-state index contributed by atoms with van der Waals surface area (Å²) < 4.78 is 0. The van der Waals surface area contributed by atoms with Gasteiger partial charge in [-0.2, -0.15) is 10.2 Å². The number of rotatable bonds is 2. The van der Waals surface area contributed by atoms with Crippen LogP contribution in [0.1, 0.15) is 24.2 Å². The Morgan fingerprint density at radius 3 is 2.56 bits per heavy atom. The number of carbonyl (C=O) groups excluding carboxylic acids is 1. The summed E-state index contributed by atoms with van der Waals surface area (Å²) in [5.41, 5.74) is 0.647. The number of nitrogens with zero attached hydrogens (tertiary/aromatic N) is 2. The number of amides is 1. The number of benzene rings is 1. The van der Waals surface area contributed by atoms with E-state index in [-0.39, 0.29) is 11.9 Å². The molecule has 1 amide bonds. The molecule has 16 heavy (non-hydrogen) atoms. The van der Waals surface area contributed by atoms with Crippen LogP contribution in [-0.4, -0.2) is 22.1 Å². The lowest BCUT2D eigenvalue weighted by Crippen LogP contribution is -2.29. The molecule has 0 radical (unpaired) electrons. The van der Waals surface area contributed by atoms with E-state index in [0.717, 1.165) is 10.8 Å². The molecule has 1 aromatic heterocycles. The van der Waals surface area contributed by atoms with Crippen LogP contribution in [0.25, 0.3) is 10.8 Å². The third kappa shape index (κ3) is 2.16. The molecule has 0 spiro atoms. The van der Waals surface area contributed by atoms with Crippen LogP contribution in [0.2, 0.25) is 0 Å². The van der Waals surface area contributed by atoms with Gasteiger partial charge < -0.3 is 5.32 Å². The number of carbonyl (C=O) groups is 1. The van der Waals surface area contributed by atoms with Crippen molar-refractivity contribution in [3.63, 3.8) is 0 Å². The molecule has 0 fully saturated rings. The summed E-state index contributed by atoms with van der Waals surface area (Å²) in [6, 6.07) is 5.63. The molecule has 82 valence electrons. The van der Waals surface area contributed by atoms with Gasteiger partial charge in [0.1, 0.15) is 0 Å². The van der Waals surface area contributed by atoms with E-state index in [0.29, 0.717) is 5.56 Å². The van der Waals surface area contributed by atoms with Gasteiger partial charge in [0.25, 0.3) is 5.91 Å². The number of nitrogens with one attached hydrogen (secondary N) is 1. The third-order valence-corrected chi connectivity index (χ3v) is 2.23. The molecule has 1 aromatic carbocycles. The lowest BCUT2D eigenvalue weighted by atomic mass is 10.1. The van der Waals surface area contributed by atoms with Crippen molar-refractivity contribution in [3.05, 3.63) is 36.2 Å². The van der Waals surface area contributed by atoms with Crippen LogP contribution in [0, 0.1) is 0 Å². The van der Waals surface area contributed by atoms with Crippen LogP contribution in [0.5, 0.6) is 0 Å². The molecule has 4 heteroatoms. The molecule has 4 nitrogen and oxygen atoms in total. The van der Waals surface area contributed by atoms with Crippen LogP contribution >= 0.6 is 0 Å². The first-order valence-corrected chi connectivity index (χ1v) is 5.18. The van der Waals surface area contributed by atoms with Crippen molar-refractivity contribution in [2.75, 3.05) is 0 Å². The summed E-state index contributed by atoms with van der Waals surface area (Å²) in [5, 5.41) is 12.3. The van der Waals surface area contributed by atoms with Gasteiger partial charge in [0.05, 0.1) is 12.4 Å².